The molecule has 2 heterocycles. The van der Waals surface area contributed by atoms with E-state index in [1.165, 1.54) is 49.4 Å². The van der Waals surface area contributed by atoms with Gasteiger partial charge in [-0.25, -0.2) is 8.42 Å². The number of benzene rings is 2. The van der Waals surface area contributed by atoms with E-state index in [2.05, 4.69) is 34.1 Å². The van der Waals surface area contributed by atoms with Crippen LogP contribution in [-0.2, 0) is 26.1 Å². The molecule has 0 saturated carbocycles. The molecule has 2 aliphatic rings. The molecule has 2 aromatic carbocycles. The summed E-state index contributed by atoms with van der Waals surface area (Å²) in [5.41, 5.74) is 3.55. The molecular formula is C30H44N4O5S. The summed E-state index contributed by atoms with van der Waals surface area (Å²) in [6.07, 6.45) is 3.87. The van der Waals surface area contributed by atoms with E-state index in [9.17, 15) is 13.2 Å². The lowest BCUT2D eigenvalue weighted by Crippen LogP contribution is -2.35. The number of amides is 1. The molecule has 2 aromatic rings. The van der Waals surface area contributed by atoms with Crippen LogP contribution < -0.4 is 9.64 Å². The van der Waals surface area contributed by atoms with Gasteiger partial charge in [0.1, 0.15) is 12.4 Å². The van der Waals surface area contributed by atoms with E-state index in [4.69, 9.17) is 9.47 Å². The highest BCUT2D eigenvalue weighted by molar-refractivity contribution is 7.89. The zero-order chi connectivity index (χ0) is 28.9. The molecule has 0 unspecified atom stereocenters. The molecular weight excluding hydrogens is 528 g/mol. The summed E-state index contributed by atoms with van der Waals surface area (Å²) in [4.78, 5) is 19.7. The molecule has 0 N–H and O–H groups in total. The predicted molar refractivity (Wildman–Crippen MR) is 157 cm³/mol. The fourth-order valence-corrected chi connectivity index (χ4v) is 7.29. The number of likely N-dealkylation sites (tertiary alicyclic amines) is 1. The fraction of sp³-hybridized carbons (Fsp3) is 0.567. The number of sulfonamides is 1. The molecule has 0 spiro atoms. The van der Waals surface area contributed by atoms with E-state index in [0.29, 0.717) is 29.5 Å². The molecule has 2 saturated heterocycles. The molecule has 4 rings (SSSR count). The Labute approximate surface area is 239 Å². The quantitative estimate of drug-likeness (QED) is 0.361. The van der Waals surface area contributed by atoms with Crippen LogP contribution in [0.3, 0.4) is 0 Å². The number of carbonyl (C=O) groups excluding carboxylic acids is 1. The van der Waals surface area contributed by atoms with Crippen molar-refractivity contribution >= 4 is 21.6 Å². The maximum Gasteiger partial charge on any atom is 0.248 e. The summed E-state index contributed by atoms with van der Waals surface area (Å²) in [5, 5.41) is 0. The Morgan fingerprint density at radius 1 is 1.02 bits per heavy atom. The molecule has 0 aliphatic carbocycles. The van der Waals surface area contributed by atoms with Crippen molar-refractivity contribution in [1.29, 1.82) is 0 Å². The van der Waals surface area contributed by atoms with Gasteiger partial charge in [0.2, 0.25) is 15.9 Å². The first-order valence-corrected chi connectivity index (χ1v) is 15.6. The number of nitrogens with zero attached hydrogens (tertiary/aromatic N) is 4. The number of rotatable bonds is 12. The highest BCUT2D eigenvalue weighted by Gasteiger charge is 2.29. The van der Waals surface area contributed by atoms with E-state index in [1.54, 1.807) is 45.0 Å². The maximum absolute atomic E-state index is 13.1. The van der Waals surface area contributed by atoms with Crippen LogP contribution >= 0.6 is 0 Å². The Hall–Kier alpha value is -2.66. The topological polar surface area (TPSA) is 82.6 Å². The number of anilines is 1. The summed E-state index contributed by atoms with van der Waals surface area (Å²) >= 11 is 0. The van der Waals surface area contributed by atoms with Gasteiger partial charge in [0, 0.05) is 52.0 Å². The lowest BCUT2D eigenvalue weighted by molar-refractivity contribution is -0.135. The Morgan fingerprint density at radius 2 is 1.68 bits per heavy atom. The van der Waals surface area contributed by atoms with E-state index >= 15 is 0 Å². The number of likely N-dealkylation sites (N-methyl/N-ethyl adjacent to an activating group) is 2. The molecule has 0 bridgehead atoms. The van der Waals surface area contributed by atoms with Gasteiger partial charge in [0.15, 0.2) is 0 Å². The van der Waals surface area contributed by atoms with Crippen LogP contribution in [0.2, 0.25) is 0 Å². The van der Waals surface area contributed by atoms with Gasteiger partial charge in [-0.2, -0.15) is 4.31 Å². The second-order valence-corrected chi connectivity index (χ2v) is 13.0. The van der Waals surface area contributed by atoms with Gasteiger partial charge in [-0.05, 0) is 87.2 Å². The Bertz CT molecular complexity index is 1240. The third-order valence-corrected chi connectivity index (χ3v) is 10.2. The number of hydrogen-bond acceptors (Lipinski definition) is 7. The van der Waals surface area contributed by atoms with Crippen LogP contribution in [0.15, 0.2) is 41.3 Å². The monoisotopic (exact) mass is 572 g/mol. The highest BCUT2D eigenvalue weighted by atomic mass is 32.2. The number of methoxy groups -OCH3 is 1. The number of hydrogen-bond donors (Lipinski definition) is 0. The van der Waals surface area contributed by atoms with Crippen molar-refractivity contribution < 1.29 is 22.7 Å². The standard InChI is InChI=1S/C30H44N4O5S/c1-23-18-28(38-5)19-24(2)30(23)40(36,37)32(4)16-17-39-22-29(35)31(3)20-25-8-10-26(11-9-25)34-15-12-27(21-34)33-13-6-7-14-33/h8-11,18-19,27H,6-7,12-17,20-22H2,1-5H3/t27-/m1/s1. The van der Waals surface area contributed by atoms with Crippen LogP contribution in [0.5, 0.6) is 5.75 Å². The van der Waals surface area contributed by atoms with Crippen molar-refractivity contribution in [3.05, 3.63) is 53.1 Å². The molecule has 40 heavy (non-hydrogen) atoms. The average Bonchev–Trinajstić information content (AvgIpc) is 3.63. The molecule has 2 aliphatic heterocycles. The van der Waals surface area contributed by atoms with Crippen molar-refractivity contribution in [2.45, 2.75) is 50.6 Å². The molecule has 220 valence electrons. The average molecular weight is 573 g/mol. The third-order valence-electron chi connectivity index (χ3n) is 8.08. The number of carbonyl (C=O) groups is 1. The van der Waals surface area contributed by atoms with E-state index in [-0.39, 0.29) is 30.6 Å². The highest BCUT2D eigenvalue weighted by Crippen LogP contribution is 2.28. The largest absolute Gasteiger partial charge is 0.497 e. The first-order chi connectivity index (χ1) is 19.1. The van der Waals surface area contributed by atoms with Gasteiger partial charge in [0.05, 0.1) is 18.6 Å². The summed E-state index contributed by atoms with van der Waals surface area (Å²) in [7, 11) is 1.13. The second-order valence-electron chi connectivity index (χ2n) is 11.0. The van der Waals surface area contributed by atoms with Crippen molar-refractivity contribution in [3.63, 3.8) is 0 Å². The molecule has 9 nitrogen and oxygen atoms in total. The first kappa shape index (κ1) is 30.3. The van der Waals surface area contributed by atoms with E-state index < -0.39 is 10.0 Å². The van der Waals surface area contributed by atoms with Crippen LogP contribution in [0, 0.1) is 13.8 Å². The molecule has 10 heteroatoms. The second kappa shape index (κ2) is 13.3. The van der Waals surface area contributed by atoms with Gasteiger partial charge < -0.3 is 19.3 Å². The summed E-state index contributed by atoms with van der Waals surface area (Å²) in [6, 6.07) is 12.6. The van der Waals surface area contributed by atoms with Crippen molar-refractivity contribution in [2.75, 3.05) is 72.0 Å². The summed E-state index contributed by atoms with van der Waals surface area (Å²) in [5.74, 6) is 0.473. The molecule has 1 amide bonds. The Kier molecular flexibility index (Phi) is 10.1. The molecule has 2 fully saturated rings. The van der Waals surface area contributed by atoms with Gasteiger partial charge in [-0.3, -0.25) is 9.69 Å². The number of ether oxygens (including phenoxy) is 2. The number of aryl methyl sites for hydroxylation is 2. The predicted octanol–water partition coefficient (Wildman–Crippen LogP) is 3.28. The zero-order valence-corrected chi connectivity index (χ0v) is 25.4. The minimum absolute atomic E-state index is 0.102. The first-order valence-electron chi connectivity index (χ1n) is 14.1. The minimum Gasteiger partial charge on any atom is -0.497 e. The lowest BCUT2D eigenvalue weighted by atomic mass is 10.1. The Balaban J connectivity index is 1.20. The van der Waals surface area contributed by atoms with Crippen molar-refractivity contribution in [1.82, 2.24) is 14.1 Å². The maximum atomic E-state index is 13.1. The van der Waals surface area contributed by atoms with Gasteiger partial charge in [-0.1, -0.05) is 12.1 Å². The lowest BCUT2D eigenvalue weighted by Gasteiger charge is -2.24. The van der Waals surface area contributed by atoms with Crippen LogP contribution in [0.1, 0.15) is 36.0 Å². The van der Waals surface area contributed by atoms with Crippen LogP contribution in [-0.4, -0.2) is 102 Å². The van der Waals surface area contributed by atoms with Crippen molar-refractivity contribution in [2.24, 2.45) is 0 Å². The zero-order valence-electron chi connectivity index (χ0n) is 24.6. The molecule has 0 radical (unpaired) electrons. The van der Waals surface area contributed by atoms with Crippen LogP contribution in [0.4, 0.5) is 5.69 Å². The smallest absolute Gasteiger partial charge is 0.248 e. The molecule has 0 aromatic heterocycles. The Morgan fingerprint density at radius 3 is 2.30 bits per heavy atom. The summed E-state index contributed by atoms with van der Waals surface area (Å²) in [6.45, 7) is 8.81. The van der Waals surface area contributed by atoms with E-state index in [1.807, 2.05) is 0 Å². The fourth-order valence-electron chi connectivity index (χ4n) is 5.73. The molecule has 1 atom stereocenters. The van der Waals surface area contributed by atoms with Gasteiger partial charge in [0.25, 0.3) is 0 Å². The summed E-state index contributed by atoms with van der Waals surface area (Å²) < 4.78 is 38.4. The van der Waals surface area contributed by atoms with Crippen molar-refractivity contribution in [3.8, 4) is 5.75 Å². The van der Waals surface area contributed by atoms with Crippen LogP contribution in [0.25, 0.3) is 0 Å². The van der Waals surface area contributed by atoms with Gasteiger partial charge in [-0.15, -0.1) is 0 Å². The van der Waals surface area contributed by atoms with Gasteiger partial charge >= 0.3 is 0 Å². The normalized spacial score (nSPS) is 18.1. The minimum atomic E-state index is -3.70. The van der Waals surface area contributed by atoms with E-state index in [0.717, 1.165) is 18.7 Å². The SMILES string of the molecule is COc1cc(C)c(S(=O)(=O)N(C)CCOCC(=O)N(C)Cc2ccc(N3CC[C@@H](N4CCCC4)C3)cc2)c(C)c1. The third kappa shape index (κ3) is 7.15.